The fourth-order valence-corrected chi connectivity index (χ4v) is 7.68. The standard InChI is InChI=1S/C29H46BrN3O5/c1-9-12-31(13-10-2)25(35)21-22-26(36)33(19(17-34)15-18(4)5)24(29(22)16-20(30)23(21)38-29)27(37)32(14-11-3)28(6,7)8/h9,11,18-24,34H,1,3,10,12-17H2,2,4-8H3/t19-,20?,21-,22+,23-,24?,29?/m1/s1. The van der Waals surface area contributed by atoms with Crippen LogP contribution in [0.3, 0.4) is 0 Å². The number of nitrogens with zero attached hydrogens (tertiary/aromatic N) is 3. The Balaban J connectivity index is 2.17. The highest BCUT2D eigenvalue weighted by Gasteiger charge is 2.77. The van der Waals surface area contributed by atoms with Crippen LogP contribution in [-0.4, -0.2) is 97.9 Å². The topological polar surface area (TPSA) is 90.4 Å². The second kappa shape index (κ2) is 11.8. The third-order valence-corrected chi connectivity index (χ3v) is 8.98. The van der Waals surface area contributed by atoms with Gasteiger partial charge in [-0.25, -0.2) is 0 Å². The molecule has 3 amide bonds. The van der Waals surface area contributed by atoms with Crippen LogP contribution in [0.15, 0.2) is 25.3 Å². The normalized spacial score (nSPS) is 30.9. The number of halogens is 1. The Morgan fingerprint density at radius 1 is 1.24 bits per heavy atom. The fraction of sp³-hybridized carbons (Fsp3) is 0.759. The van der Waals surface area contributed by atoms with Gasteiger partial charge in [0.1, 0.15) is 11.6 Å². The van der Waals surface area contributed by atoms with Crippen molar-refractivity contribution in [3.8, 4) is 0 Å². The summed E-state index contributed by atoms with van der Waals surface area (Å²) in [5.74, 6) is -1.97. The minimum Gasteiger partial charge on any atom is -0.394 e. The van der Waals surface area contributed by atoms with E-state index in [0.29, 0.717) is 32.5 Å². The Labute approximate surface area is 236 Å². The molecule has 1 N–H and O–H groups in total. The number of carbonyl (C=O) groups is 3. The second-order valence-electron chi connectivity index (χ2n) is 12.4. The van der Waals surface area contributed by atoms with Crippen molar-refractivity contribution in [3.05, 3.63) is 25.3 Å². The molecule has 3 fully saturated rings. The molecule has 0 radical (unpaired) electrons. The summed E-state index contributed by atoms with van der Waals surface area (Å²) in [6, 6.07) is -1.51. The van der Waals surface area contributed by atoms with Gasteiger partial charge in [-0.05, 0) is 46.0 Å². The molecule has 0 aromatic carbocycles. The molecule has 0 aliphatic carbocycles. The first-order chi connectivity index (χ1) is 17.8. The minimum absolute atomic E-state index is 0.141. The molecule has 3 heterocycles. The molecular weight excluding hydrogens is 550 g/mol. The molecule has 3 saturated heterocycles. The number of fused-ring (bicyclic) bond motifs is 1. The Morgan fingerprint density at radius 2 is 1.87 bits per heavy atom. The van der Waals surface area contributed by atoms with E-state index in [-0.39, 0.29) is 35.1 Å². The first kappa shape index (κ1) is 30.8. The van der Waals surface area contributed by atoms with Crippen LogP contribution >= 0.6 is 15.9 Å². The molecule has 1 spiro atoms. The zero-order valence-corrected chi connectivity index (χ0v) is 25.4. The zero-order chi connectivity index (χ0) is 28.6. The fourth-order valence-electron chi connectivity index (χ4n) is 6.74. The van der Waals surface area contributed by atoms with E-state index in [1.54, 1.807) is 26.9 Å². The van der Waals surface area contributed by atoms with Gasteiger partial charge in [0.05, 0.1) is 30.6 Å². The van der Waals surface area contributed by atoms with Crippen LogP contribution < -0.4 is 0 Å². The third kappa shape index (κ3) is 5.22. The van der Waals surface area contributed by atoms with Gasteiger partial charge in [-0.1, -0.05) is 48.9 Å². The molecule has 0 saturated carbocycles. The Bertz CT molecular complexity index is 934. The molecule has 9 heteroatoms. The van der Waals surface area contributed by atoms with Crippen molar-refractivity contribution in [2.75, 3.05) is 26.2 Å². The van der Waals surface area contributed by atoms with Crippen molar-refractivity contribution in [1.82, 2.24) is 14.7 Å². The van der Waals surface area contributed by atoms with Crippen molar-refractivity contribution in [2.24, 2.45) is 17.8 Å². The lowest BCUT2D eigenvalue weighted by Gasteiger charge is -2.43. The maximum absolute atomic E-state index is 14.5. The summed E-state index contributed by atoms with van der Waals surface area (Å²) >= 11 is 3.74. The molecule has 8 nitrogen and oxygen atoms in total. The van der Waals surface area contributed by atoms with Gasteiger partial charge >= 0.3 is 0 Å². The summed E-state index contributed by atoms with van der Waals surface area (Å²) < 4.78 is 6.67. The maximum atomic E-state index is 14.5. The predicted octanol–water partition coefficient (Wildman–Crippen LogP) is 3.38. The largest absolute Gasteiger partial charge is 0.394 e. The number of alkyl halides is 1. The number of aliphatic hydroxyl groups excluding tert-OH is 1. The summed E-state index contributed by atoms with van der Waals surface area (Å²) in [7, 11) is 0. The maximum Gasteiger partial charge on any atom is 0.249 e. The highest BCUT2D eigenvalue weighted by Crippen LogP contribution is 2.61. The minimum atomic E-state index is -1.16. The van der Waals surface area contributed by atoms with Crippen molar-refractivity contribution in [3.63, 3.8) is 0 Å². The molecule has 2 bridgehead atoms. The molecule has 3 aliphatic rings. The SMILES string of the molecule is C=CCN(CCC)C(=O)[C@H]1[C@@H]2OC3(CC2Br)C(C(=O)N(CC=C)C(C)(C)C)N([C@@H](CO)CC(C)C)C(=O)[C@H]13. The van der Waals surface area contributed by atoms with Crippen molar-refractivity contribution in [2.45, 2.75) is 95.0 Å². The molecule has 3 rings (SSSR count). The number of carbonyl (C=O) groups excluding carboxylic acids is 3. The summed E-state index contributed by atoms with van der Waals surface area (Å²) in [6.45, 7) is 20.5. The van der Waals surface area contributed by atoms with E-state index in [0.717, 1.165) is 6.42 Å². The molecular formula is C29H46BrN3O5. The van der Waals surface area contributed by atoms with E-state index < -0.39 is 41.2 Å². The van der Waals surface area contributed by atoms with Crippen LogP contribution in [0.2, 0.25) is 0 Å². The van der Waals surface area contributed by atoms with Gasteiger partial charge in [0, 0.05) is 30.0 Å². The van der Waals surface area contributed by atoms with Crippen LogP contribution in [0.4, 0.5) is 0 Å². The Kier molecular flexibility index (Phi) is 9.58. The van der Waals surface area contributed by atoms with E-state index in [1.165, 1.54) is 0 Å². The molecule has 38 heavy (non-hydrogen) atoms. The van der Waals surface area contributed by atoms with Gasteiger partial charge in [-0.3, -0.25) is 14.4 Å². The van der Waals surface area contributed by atoms with Gasteiger partial charge in [0.15, 0.2) is 0 Å². The van der Waals surface area contributed by atoms with E-state index in [9.17, 15) is 19.5 Å². The summed E-state index contributed by atoms with van der Waals surface area (Å²) in [5.41, 5.74) is -1.70. The third-order valence-electron chi connectivity index (χ3n) is 8.14. The molecule has 3 aliphatic heterocycles. The van der Waals surface area contributed by atoms with E-state index >= 15 is 0 Å². The summed E-state index contributed by atoms with van der Waals surface area (Å²) in [5, 5.41) is 10.5. The number of rotatable bonds is 12. The van der Waals surface area contributed by atoms with Crippen LogP contribution in [-0.2, 0) is 19.1 Å². The molecule has 0 aromatic rings. The quantitative estimate of drug-likeness (QED) is 0.276. The van der Waals surface area contributed by atoms with E-state index in [1.807, 2.05) is 41.5 Å². The van der Waals surface area contributed by atoms with Gasteiger partial charge in [-0.15, -0.1) is 13.2 Å². The average Bonchev–Trinajstić information content (AvgIpc) is 3.42. The molecule has 0 aromatic heterocycles. The number of amides is 3. The van der Waals surface area contributed by atoms with Crippen molar-refractivity contribution >= 4 is 33.7 Å². The monoisotopic (exact) mass is 595 g/mol. The smallest absolute Gasteiger partial charge is 0.249 e. The summed E-state index contributed by atoms with van der Waals surface area (Å²) in [6.07, 6.45) is 4.60. The number of likely N-dealkylation sites (tertiary alicyclic amines) is 1. The van der Waals surface area contributed by atoms with Crippen molar-refractivity contribution < 1.29 is 24.2 Å². The van der Waals surface area contributed by atoms with Gasteiger partial charge < -0.3 is 24.5 Å². The molecule has 214 valence electrons. The Hall–Kier alpha value is -1.71. The Morgan fingerprint density at radius 3 is 2.37 bits per heavy atom. The molecule has 7 atom stereocenters. The van der Waals surface area contributed by atoms with Crippen LogP contribution in [0, 0.1) is 17.8 Å². The van der Waals surface area contributed by atoms with Gasteiger partial charge in [-0.2, -0.15) is 0 Å². The highest BCUT2D eigenvalue weighted by atomic mass is 79.9. The zero-order valence-electron chi connectivity index (χ0n) is 23.9. The highest BCUT2D eigenvalue weighted by molar-refractivity contribution is 9.09. The van der Waals surface area contributed by atoms with Crippen molar-refractivity contribution in [1.29, 1.82) is 0 Å². The number of aliphatic hydroxyl groups is 1. The van der Waals surface area contributed by atoms with E-state index in [2.05, 4.69) is 29.1 Å². The lowest BCUT2D eigenvalue weighted by Crippen LogP contribution is -2.62. The second-order valence-corrected chi connectivity index (χ2v) is 13.5. The van der Waals surface area contributed by atoms with Gasteiger partial charge in [0.2, 0.25) is 17.7 Å². The summed E-state index contributed by atoms with van der Waals surface area (Å²) in [4.78, 5) is 47.7. The first-order valence-corrected chi connectivity index (χ1v) is 14.8. The van der Waals surface area contributed by atoms with Crippen LogP contribution in [0.25, 0.3) is 0 Å². The number of ether oxygens (including phenoxy) is 1. The number of hydrogen-bond acceptors (Lipinski definition) is 5. The lowest BCUT2D eigenvalue weighted by atomic mass is 9.70. The number of hydrogen-bond donors (Lipinski definition) is 1. The average molecular weight is 597 g/mol. The molecule has 3 unspecified atom stereocenters. The lowest BCUT2D eigenvalue weighted by molar-refractivity contribution is -0.155. The van der Waals surface area contributed by atoms with Crippen LogP contribution in [0.5, 0.6) is 0 Å². The van der Waals surface area contributed by atoms with Crippen LogP contribution in [0.1, 0.15) is 60.8 Å². The van der Waals surface area contributed by atoms with E-state index in [4.69, 9.17) is 4.74 Å². The first-order valence-electron chi connectivity index (χ1n) is 13.9. The van der Waals surface area contributed by atoms with Gasteiger partial charge in [0.25, 0.3) is 0 Å². The predicted molar refractivity (Wildman–Crippen MR) is 152 cm³/mol.